The van der Waals surface area contributed by atoms with Gasteiger partial charge < -0.3 is 4.57 Å². The summed E-state index contributed by atoms with van der Waals surface area (Å²) < 4.78 is 2.50. The van der Waals surface area contributed by atoms with Gasteiger partial charge in [0.15, 0.2) is 0 Å². The Morgan fingerprint density at radius 1 is 0.511 bits per heavy atom. The highest BCUT2D eigenvalue weighted by Gasteiger charge is 2.21. The molecule has 0 saturated heterocycles. The topological polar surface area (TPSA) is 30.7 Å². The summed E-state index contributed by atoms with van der Waals surface area (Å²) in [6, 6.07) is 49.9. The van der Waals surface area contributed by atoms with E-state index in [0.29, 0.717) is 0 Å². The Balaban J connectivity index is 1.24. The van der Waals surface area contributed by atoms with E-state index in [1.165, 1.54) is 66.5 Å². The maximum Gasteiger partial charge on any atom is 0.0746 e. The summed E-state index contributed by atoms with van der Waals surface area (Å²) >= 11 is 0. The fourth-order valence-electron chi connectivity index (χ4n) is 7.15. The first-order valence-corrected chi connectivity index (χ1v) is 16.2. The van der Waals surface area contributed by atoms with E-state index in [4.69, 9.17) is 4.98 Å². The molecule has 47 heavy (non-hydrogen) atoms. The summed E-state index contributed by atoms with van der Waals surface area (Å²) in [6.45, 7) is 0. The minimum Gasteiger partial charge on any atom is -0.312 e. The molecule has 0 spiro atoms. The van der Waals surface area contributed by atoms with Crippen LogP contribution in [-0.4, -0.2) is 14.5 Å². The van der Waals surface area contributed by atoms with E-state index >= 15 is 0 Å². The minimum atomic E-state index is 0.903. The Hall–Kier alpha value is -6.06. The predicted octanol–water partition coefficient (Wildman–Crippen LogP) is 11.5. The van der Waals surface area contributed by atoms with Crippen LogP contribution < -0.4 is 0 Å². The van der Waals surface area contributed by atoms with Crippen LogP contribution in [0.5, 0.6) is 0 Å². The van der Waals surface area contributed by atoms with Crippen molar-refractivity contribution in [2.24, 2.45) is 0 Å². The van der Waals surface area contributed by atoms with Crippen molar-refractivity contribution in [2.45, 2.75) is 12.8 Å². The Morgan fingerprint density at radius 2 is 1.19 bits per heavy atom. The first-order chi connectivity index (χ1) is 23.3. The lowest BCUT2D eigenvalue weighted by Gasteiger charge is -2.20. The molecular formula is C44H31N3. The van der Waals surface area contributed by atoms with Crippen LogP contribution in [0.4, 0.5) is 0 Å². The summed E-state index contributed by atoms with van der Waals surface area (Å²) in [5.74, 6) is 0. The molecule has 3 aromatic heterocycles. The lowest BCUT2D eigenvalue weighted by molar-refractivity contribution is 0.986. The molecule has 1 aliphatic rings. The lowest BCUT2D eigenvalue weighted by atomic mass is 9.94. The van der Waals surface area contributed by atoms with Gasteiger partial charge in [-0.05, 0) is 82.6 Å². The van der Waals surface area contributed by atoms with E-state index in [1.807, 2.05) is 18.5 Å². The Morgan fingerprint density at radius 3 is 1.91 bits per heavy atom. The summed E-state index contributed by atoms with van der Waals surface area (Å²) in [7, 11) is 0. The van der Waals surface area contributed by atoms with Gasteiger partial charge in [0.2, 0.25) is 0 Å². The van der Waals surface area contributed by atoms with E-state index < -0.39 is 0 Å². The third kappa shape index (κ3) is 4.76. The number of hydrogen-bond donors (Lipinski definition) is 0. The van der Waals surface area contributed by atoms with Gasteiger partial charge in [-0.25, -0.2) is 4.98 Å². The minimum absolute atomic E-state index is 0.903. The maximum atomic E-state index is 5.12. The Labute approximate surface area is 273 Å². The van der Waals surface area contributed by atoms with E-state index in [1.54, 1.807) is 0 Å². The van der Waals surface area contributed by atoms with Crippen LogP contribution in [0.1, 0.15) is 18.5 Å². The first-order valence-electron chi connectivity index (χ1n) is 16.2. The summed E-state index contributed by atoms with van der Waals surface area (Å²) in [6.07, 6.45) is 10.2. The Kier molecular flexibility index (Phi) is 6.60. The Bertz CT molecular complexity index is 2490. The molecule has 0 fully saturated rings. The largest absolute Gasteiger partial charge is 0.312 e. The van der Waals surface area contributed by atoms with Crippen LogP contribution in [0.25, 0.3) is 77.4 Å². The number of pyridine rings is 2. The quantitative estimate of drug-likeness (QED) is 0.196. The molecule has 3 heterocycles. The average Bonchev–Trinajstić information content (AvgIpc) is 3.49. The number of nitrogens with zero attached hydrogens (tertiary/aromatic N) is 3. The molecule has 0 atom stereocenters. The lowest BCUT2D eigenvalue weighted by Crippen LogP contribution is -2.03. The number of fused-ring (bicyclic) bond motifs is 4. The molecular weight excluding hydrogens is 571 g/mol. The number of hydrogen-bond acceptors (Lipinski definition) is 2. The molecule has 8 aromatic rings. The van der Waals surface area contributed by atoms with Crippen molar-refractivity contribution in [1.29, 1.82) is 0 Å². The fraction of sp³-hybridized carbons (Fsp3) is 0.0455. The number of rotatable bonds is 5. The average molecular weight is 602 g/mol. The van der Waals surface area contributed by atoms with Gasteiger partial charge in [0.1, 0.15) is 0 Å². The number of allylic oxidation sites excluding steroid dienone is 4. The van der Waals surface area contributed by atoms with Crippen LogP contribution in [0.2, 0.25) is 0 Å². The van der Waals surface area contributed by atoms with Gasteiger partial charge in [0.05, 0.1) is 22.2 Å². The van der Waals surface area contributed by atoms with Crippen molar-refractivity contribution >= 4 is 44.0 Å². The predicted molar refractivity (Wildman–Crippen MR) is 197 cm³/mol. The molecule has 0 N–H and O–H groups in total. The molecule has 0 amide bonds. The fourth-order valence-corrected chi connectivity index (χ4v) is 7.15. The summed E-state index contributed by atoms with van der Waals surface area (Å²) in [5, 5.41) is 3.61. The van der Waals surface area contributed by atoms with Gasteiger partial charge in [-0.2, -0.15) is 0 Å². The highest BCUT2D eigenvalue weighted by Crippen LogP contribution is 2.43. The monoisotopic (exact) mass is 601 g/mol. The zero-order valence-electron chi connectivity index (χ0n) is 25.8. The maximum absolute atomic E-state index is 5.12. The third-order valence-corrected chi connectivity index (χ3v) is 9.40. The zero-order valence-corrected chi connectivity index (χ0v) is 25.8. The van der Waals surface area contributed by atoms with Gasteiger partial charge in [0.25, 0.3) is 0 Å². The van der Waals surface area contributed by atoms with Crippen LogP contribution in [0, 0.1) is 0 Å². The van der Waals surface area contributed by atoms with E-state index in [2.05, 4.69) is 155 Å². The zero-order chi connectivity index (χ0) is 31.2. The number of aromatic nitrogens is 3. The summed E-state index contributed by atoms with van der Waals surface area (Å²) in [4.78, 5) is 9.53. The van der Waals surface area contributed by atoms with Crippen LogP contribution in [-0.2, 0) is 0 Å². The third-order valence-electron chi connectivity index (χ3n) is 9.40. The van der Waals surface area contributed by atoms with Crippen molar-refractivity contribution in [2.75, 3.05) is 0 Å². The van der Waals surface area contributed by atoms with Crippen LogP contribution in [0.15, 0.2) is 164 Å². The van der Waals surface area contributed by atoms with Crippen molar-refractivity contribution in [1.82, 2.24) is 14.5 Å². The van der Waals surface area contributed by atoms with Crippen molar-refractivity contribution < 1.29 is 0 Å². The molecule has 9 rings (SSSR count). The SMILES string of the molecule is C1=C(c2cc(-c3ccccc3)c3cnccc3n2)CCC(n2c3ccccc3c3cc(-c4ccccc4)cc(-c4ccccc4)c32)=C1. The molecule has 1 aliphatic carbocycles. The molecule has 222 valence electrons. The molecule has 0 unspecified atom stereocenters. The van der Waals surface area contributed by atoms with Crippen LogP contribution >= 0.6 is 0 Å². The summed E-state index contributed by atoms with van der Waals surface area (Å²) in [5.41, 5.74) is 14.3. The number of benzene rings is 5. The van der Waals surface area contributed by atoms with Gasteiger partial charge >= 0.3 is 0 Å². The molecule has 3 heteroatoms. The highest BCUT2D eigenvalue weighted by atomic mass is 15.0. The first kappa shape index (κ1) is 27.3. The van der Waals surface area contributed by atoms with Gasteiger partial charge in [0, 0.05) is 39.8 Å². The second-order valence-electron chi connectivity index (χ2n) is 12.2. The van der Waals surface area contributed by atoms with Gasteiger partial charge in [-0.15, -0.1) is 0 Å². The highest BCUT2D eigenvalue weighted by molar-refractivity contribution is 6.16. The normalized spacial score (nSPS) is 13.2. The molecule has 0 aliphatic heterocycles. The van der Waals surface area contributed by atoms with Crippen molar-refractivity contribution in [3.8, 4) is 33.4 Å². The molecule has 0 saturated carbocycles. The van der Waals surface area contributed by atoms with E-state index in [9.17, 15) is 0 Å². The number of para-hydroxylation sites is 1. The van der Waals surface area contributed by atoms with Crippen LogP contribution in [0.3, 0.4) is 0 Å². The van der Waals surface area contributed by atoms with E-state index in [-0.39, 0.29) is 0 Å². The van der Waals surface area contributed by atoms with E-state index in [0.717, 1.165) is 29.4 Å². The van der Waals surface area contributed by atoms with Gasteiger partial charge in [-0.3, -0.25) is 4.98 Å². The van der Waals surface area contributed by atoms with Crippen molar-refractivity contribution in [3.63, 3.8) is 0 Å². The van der Waals surface area contributed by atoms with Crippen molar-refractivity contribution in [3.05, 3.63) is 170 Å². The molecule has 0 radical (unpaired) electrons. The molecule has 5 aromatic carbocycles. The second-order valence-corrected chi connectivity index (χ2v) is 12.2. The standard InChI is InChI=1S/C44H31N3/c1-4-12-30(13-5-1)34-26-38(32-16-8-3-9-17-32)44-39(27-34)36-18-10-11-19-43(36)47(44)35-22-20-33(21-23-35)42-28-37(31-14-6-2-7-15-31)40-29-45-25-24-41(40)46-42/h1-20,22,24-29H,21,23H2. The molecule has 3 nitrogen and oxygen atoms in total. The van der Waals surface area contributed by atoms with Gasteiger partial charge in [-0.1, -0.05) is 115 Å². The second kappa shape index (κ2) is 11.4. The molecule has 0 bridgehead atoms. The smallest absolute Gasteiger partial charge is 0.0746 e.